The summed E-state index contributed by atoms with van der Waals surface area (Å²) in [5, 5.41) is 13.7. The molecule has 0 heterocycles. The Hall–Kier alpha value is -2.93. The minimum absolute atomic E-state index is 0.0700. The molecule has 0 aliphatic carbocycles. The lowest BCUT2D eigenvalue weighted by Crippen LogP contribution is -2.51. The third kappa shape index (κ3) is 5.52. The Labute approximate surface area is 159 Å². The molecule has 1 amide bonds. The maximum Gasteiger partial charge on any atom is 0.279 e. The quantitative estimate of drug-likeness (QED) is 0.414. The van der Waals surface area contributed by atoms with E-state index in [2.05, 4.69) is 5.32 Å². The van der Waals surface area contributed by atoms with Crippen molar-refractivity contribution in [3.05, 3.63) is 64.2 Å². The third-order valence-corrected chi connectivity index (χ3v) is 4.84. The zero-order chi connectivity index (χ0) is 19.9. The summed E-state index contributed by atoms with van der Waals surface area (Å²) in [5.74, 6) is 0.610. The van der Waals surface area contributed by atoms with Gasteiger partial charge in [0.25, 0.3) is 11.6 Å². The van der Waals surface area contributed by atoms with Crippen molar-refractivity contribution in [2.75, 3.05) is 32.1 Å². The Bertz CT molecular complexity index is 786. The third-order valence-electron chi connectivity index (χ3n) is 4.84. The first-order valence-corrected chi connectivity index (χ1v) is 8.93. The summed E-state index contributed by atoms with van der Waals surface area (Å²) >= 11 is 0. The van der Waals surface area contributed by atoms with Crippen molar-refractivity contribution in [2.24, 2.45) is 0 Å². The van der Waals surface area contributed by atoms with Gasteiger partial charge in [-0.3, -0.25) is 14.9 Å². The van der Waals surface area contributed by atoms with Crippen LogP contribution in [0.3, 0.4) is 0 Å². The lowest BCUT2D eigenvalue weighted by atomic mass is 10.1. The van der Waals surface area contributed by atoms with Crippen molar-refractivity contribution in [3.63, 3.8) is 0 Å². The number of methoxy groups -OCH3 is 1. The van der Waals surface area contributed by atoms with Gasteiger partial charge in [-0.25, -0.2) is 0 Å². The molecule has 0 fully saturated rings. The number of benzene rings is 2. The molecule has 0 saturated carbocycles. The number of ether oxygens (including phenoxy) is 1. The van der Waals surface area contributed by atoms with Gasteiger partial charge in [-0.1, -0.05) is 6.07 Å². The van der Waals surface area contributed by atoms with Gasteiger partial charge >= 0.3 is 0 Å². The average Bonchev–Trinajstić information content (AvgIpc) is 2.67. The normalized spacial score (nSPS) is 11.1. The van der Waals surface area contributed by atoms with Gasteiger partial charge in [-0.05, 0) is 38.1 Å². The molecule has 2 rings (SSSR count). The summed E-state index contributed by atoms with van der Waals surface area (Å²) in [6.07, 6.45) is 0. The average molecular weight is 372 g/mol. The van der Waals surface area contributed by atoms with E-state index < -0.39 is 4.92 Å². The van der Waals surface area contributed by atoms with Crippen molar-refractivity contribution in [1.29, 1.82) is 0 Å². The van der Waals surface area contributed by atoms with Crippen LogP contribution in [-0.2, 0) is 11.3 Å². The first-order chi connectivity index (χ1) is 12.9. The Morgan fingerprint density at radius 3 is 2.37 bits per heavy atom. The number of carbonyl (C=O) groups is 1. The molecule has 27 heavy (non-hydrogen) atoms. The molecule has 0 aliphatic rings. The SMILES string of the molecule is CC[N+](CC)(CC(=O)Nc1cccc(OC)c1)Cc1ccc([N+](=O)[O-])cc1. The van der Waals surface area contributed by atoms with Crippen LogP contribution in [0.5, 0.6) is 5.75 Å². The number of hydrogen-bond acceptors (Lipinski definition) is 4. The number of quaternary nitrogens is 1. The molecular weight excluding hydrogens is 346 g/mol. The Kier molecular flexibility index (Phi) is 6.90. The molecular formula is C20H26N3O4+. The van der Waals surface area contributed by atoms with E-state index >= 15 is 0 Å². The summed E-state index contributed by atoms with van der Waals surface area (Å²) in [4.78, 5) is 23.0. The topological polar surface area (TPSA) is 81.5 Å². The van der Waals surface area contributed by atoms with Gasteiger partial charge in [0.1, 0.15) is 12.3 Å². The van der Waals surface area contributed by atoms with Crippen LogP contribution < -0.4 is 10.1 Å². The predicted octanol–water partition coefficient (Wildman–Crippen LogP) is 3.60. The molecule has 144 valence electrons. The highest BCUT2D eigenvalue weighted by atomic mass is 16.6. The van der Waals surface area contributed by atoms with Crippen LogP contribution in [0.25, 0.3) is 0 Å². The van der Waals surface area contributed by atoms with Crippen molar-refractivity contribution in [2.45, 2.75) is 20.4 Å². The molecule has 1 N–H and O–H groups in total. The second-order valence-electron chi connectivity index (χ2n) is 6.49. The summed E-state index contributed by atoms with van der Waals surface area (Å²) in [7, 11) is 1.58. The number of nitrogens with zero attached hydrogens (tertiary/aromatic N) is 2. The van der Waals surface area contributed by atoms with E-state index in [4.69, 9.17) is 4.74 Å². The van der Waals surface area contributed by atoms with Crippen LogP contribution in [0.1, 0.15) is 19.4 Å². The summed E-state index contributed by atoms with van der Waals surface area (Å²) in [6.45, 7) is 6.61. The van der Waals surface area contributed by atoms with Gasteiger partial charge in [-0.2, -0.15) is 0 Å². The van der Waals surface area contributed by atoms with E-state index in [9.17, 15) is 14.9 Å². The van der Waals surface area contributed by atoms with Crippen molar-refractivity contribution < 1.29 is 18.9 Å². The first-order valence-electron chi connectivity index (χ1n) is 8.93. The van der Waals surface area contributed by atoms with Crippen LogP contribution in [0.15, 0.2) is 48.5 Å². The van der Waals surface area contributed by atoms with Crippen LogP contribution in [0, 0.1) is 10.1 Å². The van der Waals surface area contributed by atoms with E-state index in [-0.39, 0.29) is 11.6 Å². The second-order valence-corrected chi connectivity index (χ2v) is 6.49. The molecule has 0 spiro atoms. The highest BCUT2D eigenvalue weighted by Crippen LogP contribution is 2.20. The number of non-ortho nitro benzene ring substituents is 1. The smallest absolute Gasteiger partial charge is 0.279 e. The molecule has 0 aliphatic heterocycles. The van der Waals surface area contributed by atoms with Gasteiger partial charge in [0.05, 0.1) is 25.1 Å². The van der Waals surface area contributed by atoms with Gasteiger partial charge in [0.2, 0.25) is 0 Å². The van der Waals surface area contributed by atoms with Crippen molar-refractivity contribution in [1.82, 2.24) is 0 Å². The fourth-order valence-electron chi connectivity index (χ4n) is 3.04. The molecule has 7 heteroatoms. The molecule has 0 radical (unpaired) electrons. The molecule has 0 saturated heterocycles. The predicted molar refractivity (Wildman–Crippen MR) is 105 cm³/mol. The van der Waals surface area contributed by atoms with E-state index in [0.717, 1.165) is 18.7 Å². The summed E-state index contributed by atoms with van der Waals surface area (Å²) in [6, 6.07) is 13.8. The lowest BCUT2D eigenvalue weighted by molar-refractivity contribution is -0.930. The fraction of sp³-hybridized carbons (Fsp3) is 0.350. The Morgan fingerprint density at radius 1 is 1.15 bits per heavy atom. The maximum atomic E-state index is 12.6. The van der Waals surface area contributed by atoms with E-state index in [1.165, 1.54) is 12.1 Å². The number of hydrogen-bond donors (Lipinski definition) is 1. The molecule has 0 unspecified atom stereocenters. The van der Waals surface area contributed by atoms with Gasteiger partial charge < -0.3 is 14.5 Å². The van der Waals surface area contributed by atoms with Crippen LogP contribution in [0.4, 0.5) is 11.4 Å². The molecule has 7 nitrogen and oxygen atoms in total. The van der Waals surface area contributed by atoms with Crippen LogP contribution in [-0.4, -0.2) is 42.1 Å². The summed E-state index contributed by atoms with van der Waals surface area (Å²) in [5.41, 5.74) is 1.74. The second kappa shape index (κ2) is 9.14. The van der Waals surface area contributed by atoms with Gasteiger partial charge in [0.15, 0.2) is 6.54 Å². The van der Waals surface area contributed by atoms with Gasteiger partial charge in [0, 0.05) is 29.4 Å². The number of rotatable bonds is 9. The maximum absolute atomic E-state index is 12.6. The number of nitrogens with one attached hydrogen (secondary N) is 1. The van der Waals surface area contributed by atoms with Crippen molar-refractivity contribution in [3.8, 4) is 5.75 Å². The minimum Gasteiger partial charge on any atom is -0.497 e. The Morgan fingerprint density at radius 2 is 1.81 bits per heavy atom. The molecule has 2 aromatic carbocycles. The van der Waals surface area contributed by atoms with E-state index in [1.807, 2.05) is 32.0 Å². The van der Waals surface area contributed by atoms with E-state index in [0.29, 0.717) is 29.0 Å². The van der Waals surface area contributed by atoms with Crippen LogP contribution in [0.2, 0.25) is 0 Å². The first kappa shape index (κ1) is 20.4. The summed E-state index contributed by atoms with van der Waals surface area (Å²) < 4.78 is 5.75. The zero-order valence-electron chi connectivity index (χ0n) is 16.0. The monoisotopic (exact) mass is 372 g/mol. The molecule has 0 bridgehead atoms. The lowest BCUT2D eigenvalue weighted by Gasteiger charge is -2.36. The number of carbonyl (C=O) groups excluding carboxylic acids is 1. The fourth-order valence-corrected chi connectivity index (χ4v) is 3.04. The standard InChI is InChI=1S/C20H25N3O4/c1-4-23(5-2,14-16-9-11-18(12-10-16)22(25)26)15-20(24)21-17-7-6-8-19(13-17)27-3/h6-13H,4-5,14-15H2,1-3H3/p+1. The molecule has 0 atom stereocenters. The highest BCUT2D eigenvalue weighted by Gasteiger charge is 2.27. The number of likely N-dealkylation sites (N-methyl/N-ethyl adjacent to an activating group) is 1. The Balaban J connectivity index is 2.09. The number of amides is 1. The van der Waals surface area contributed by atoms with Crippen molar-refractivity contribution >= 4 is 17.3 Å². The van der Waals surface area contributed by atoms with Gasteiger partial charge in [-0.15, -0.1) is 0 Å². The number of nitro groups is 1. The number of nitro benzene ring substituents is 1. The largest absolute Gasteiger partial charge is 0.497 e. The molecule has 2 aromatic rings. The highest BCUT2D eigenvalue weighted by molar-refractivity contribution is 5.91. The van der Waals surface area contributed by atoms with E-state index in [1.54, 1.807) is 25.3 Å². The zero-order valence-corrected chi connectivity index (χ0v) is 16.0. The number of anilines is 1. The van der Waals surface area contributed by atoms with Crippen LogP contribution >= 0.6 is 0 Å². The molecule has 0 aromatic heterocycles. The minimum atomic E-state index is -0.410.